The molecule has 0 fully saturated rings. The molecule has 0 unspecified atom stereocenters. The van der Waals surface area contributed by atoms with Gasteiger partial charge in [-0.1, -0.05) is 30.3 Å². The van der Waals surface area contributed by atoms with Gasteiger partial charge >= 0.3 is 11.9 Å². The molecular formula is C26H27NO6. The maximum atomic E-state index is 14.0. The monoisotopic (exact) mass is 449 g/mol. The third-order valence-corrected chi connectivity index (χ3v) is 6.10. The number of rotatable bonds is 6. The fraction of sp³-hybridized carbons (Fsp3) is 0.346. The lowest BCUT2D eigenvalue weighted by Gasteiger charge is -2.38. The van der Waals surface area contributed by atoms with Gasteiger partial charge in [-0.15, -0.1) is 0 Å². The van der Waals surface area contributed by atoms with E-state index in [0.29, 0.717) is 34.7 Å². The molecule has 1 aromatic heterocycles. The first-order valence-electron chi connectivity index (χ1n) is 11.1. The van der Waals surface area contributed by atoms with Crippen LogP contribution in [0.25, 0.3) is 0 Å². The molecule has 0 spiro atoms. The topological polar surface area (TPSA) is 94.8 Å². The van der Waals surface area contributed by atoms with Crippen molar-refractivity contribution in [3.8, 4) is 0 Å². The first kappa shape index (κ1) is 22.6. The summed E-state index contributed by atoms with van der Waals surface area (Å²) in [7, 11) is 0. The van der Waals surface area contributed by atoms with Gasteiger partial charge in [0.2, 0.25) is 0 Å². The van der Waals surface area contributed by atoms with Crippen LogP contribution in [0.1, 0.15) is 50.4 Å². The number of Topliss-reactive ketones (excluding diaryl/α,β-unsaturated/α-hetero) is 1. The number of carbonyl (C=O) groups excluding carboxylic acids is 3. The number of benzene rings is 1. The smallest absolute Gasteiger partial charge is 0.336 e. The van der Waals surface area contributed by atoms with Gasteiger partial charge in [0, 0.05) is 28.8 Å². The molecule has 33 heavy (non-hydrogen) atoms. The van der Waals surface area contributed by atoms with Crippen LogP contribution in [0.4, 0.5) is 0 Å². The zero-order valence-corrected chi connectivity index (χ0v) is 18.9. The Morgan fingerprint density at radius 3 is 2.42 bits per heavy atom. The lowest BCUT2D eigenvalue weighted by Crippen LogP contribution is -2.43. The van der Waals surface area contributed by atoms with E-state index in [1.54, 1.807) is 32.9 Å². The maximum Gasteiger partial charge on any atom is 0.336 e. The Morgan fingerprint density at radius 1 is 1.06 bits per heavy atom. The van der Waals surface area contributed by atoms with E-state index in [0.717, 1.165) is 5.56 Å². The van der Waals surface area contributed by atoms with Gasteiger partial charge in [-0.25, -0.2) is 4.79 Å². The van der Waals surface area contributed by atoms with E-state index in [-0.39, 0.29) is 19.0 Å². The van der Waals surface area contributed by atoms with Crippen molar-refractivity contribution in [3.63, 3.8) is 0 Å². The Balaban J connectivity index is 1.87. The predicted molar refractivity (Wildman–Crippen MR) is 120 cm³/mol. The Labute approximate surface area is 192 Å². The van der Waals surface area contributed by atoms with Crippen LogP contribution in [-0.4, -0.2) is 30.9 Å². The zero-order valence-electron chi connectivity index (χ0n) is 18.9. The molecule has 0 saturated heterocycles. The SMILES string of the molecule is CCOC(=O)C1=C(C)NC2=C(C(=O)[C@H](C(=O)OCC)[C@@H](c3ccco3)C2)[C@H]1c1ccccc1. The molecule has 172 valence electrons. The maximum absolute atomic E-state index is 14.0. The lowest BCUT2D eigenvalue weighted by molar-refractivity contribution is -0.152. The van der Waals surface area contributed by atoms with Crippen molar-refractivity contribution in [3.05, 3.63) is 82.6 Å². The number of dihydropyridines is 1. The van der Waals surface area contributed by atoms with Gasteiger partial charge in [0.05, 0.1) is 25.1 Å². The van der Waals surface area contributed by atoms with Crippen LogP contribution in [-0.2, 0) is 23.9 Å². The van der Waals surface area contributed by atoms with Crippen LogP contribution in [0.15, 0.2) is 75.7 Å². The lowest BCUT2D eigenvalue weighted by atomic mass is 9.68. The van der Waals surface area contributed by atoms with Crippen LogP contribution in [0.3, 0.4) is 0 Å². The molecule has 1 N–H and O–H groups in total. The highest BCUT2D eigenvalue weighted by atomic mass is 16.5. The average molecular weight is 450 g/mol. The fourth-order valence-electron chi connectivity index (χ4n) is 4.77. The largest absolute Gasteiger partial charge is 0.469 e. The van der Waals surface area contributed by atoms with Crippen molar-refractivity contribution in [1.29, 1.82) is 0 Å². The normalized spacial score (nSPS) is 22.5. The molecule has 1 aliphatic heterocycles. The fourth-order valence-corrected chi connectivity index (χ4v) is 4.77. The Hall–Kier alpha value is -3.61. The molecule has 2 heterocycles. The average Bonchev–Trinajstić information content (AvgIpc) is 3.33. The summed E-state index contributed by atoms with van der Waals surface area (Å²) in [5, 5.41) is 3.27. The molecule has 0 bridgehead atoms. The Kier molecular flexibility index (Phi) is 6.49. The molecule has 0 amide bonds. The Morgan fingerprint density at radius 2 is 1.79 bits per heavy atom. The highest BCUT2D eigenvalue weighted by Crippen LogP contribution is 2.48. The summed E-state index contributed by atoms with van der Waals surface area (Å²) in [6.07, 6.45) is 1.89. The van der Waals surface area contributed by atoms with E-state index in [9.17, 15) is 14.4 Å². The number of furan rings is 1. The van der Waals surface area contributed by atoms with Crippen LogP contribution < -0.4 is 5.32 Å². The highest BCUT2D eigenvalue weighted by molar-refractivity contribution is 6.13. The minimum Gasteiger partial charge on any atom is -0.469 e. The summed E-state index contributed by atoms with van der Waals surface area (Å²) in [5.41, 5.74) is 2.86. The molecule has 0 radical (unpaired) electrons. The van der Waals surface area contributed by atoms with E-state index in [1.807, 2.05) is 30.3 Å². The van der Waals surface area contributed by atoms with Crippen molar-refractivity contribution in [1.82, 2.24) is 5.32 Å². The summed E-state index contributed by atoms with van der Waals surface area (Å²) >= 11 is 0. The molecule has 2 aliphatic rings. The van der Waals surface area contributed by atoms with E-state index in [1.165, 1.54) is 6.26 Å². The van der Waals surface area contributed by atoms with Gasteiger partial charge in [-0.2, -0.15) is 0 Å². The van der Waals surface area contributed by atoms with E-state index in [4.69, 9.17) is 13.9 Å². The molecule has 3 atom stereocenters. The summed E-state index contributed by atoms with van der Waals surface area (Å²) in [6.45, 7) is 5.62. The summed E-state index contributed by atoms with van der Waals surface area (Å²) in [6, 6.07) is 12.8. The van der Waals surface area contributed by atoms with Gasteiger partial charge in [0.1, 0.15) is 11.7 Å². The zero-order chi connectivity index (χ0) is 23.5. The second-order valence-electron chi connectivity index (χ2n) is 8.04. The quantitative estimate of drug-likeness (QED) is 0.526. The van der Waals surface area contributed by atoms with Gasteiger partial charge in [0.25, 0.3) is 0 Å². The molecular weight excluding hydrogens is 422 g/mol. The number of esters is 2. The molecule has 1 aliphatic carbocycles. The first-order chi connectivity index (χ1) is 16.0. The number of nitrogens with one attached hydrogen (secondary N) is 1. The van der Waals surface area contributed by atoms with Gasteiger partial charge in [0.15, 0.2) is 5.78 Å². The number of carbonyl (C=O) groups is 3. The van der Waals surface area contributed by atoms with Crippen LogP contribution in [0, 0.1) is 5.92 Å². The molecule has 4 rings (SSSR count). The number of hydrogen-bond acceptors (Lipinski definition) is 7. The second kappa shape index (κ2) is 9.48. The Bertz CT molecular complexity index is 1110. The number of hydrogen-bond donors (Lipinski definition) is 1. The molecule has 0 saturated carbocycles. The van der Waals surface area contributed by atoms with Crippen LogP contribution in [0.5, 0.6) is 0 Å². The van der Waals surface area contributed by atoms with Crippen molar-refractivity contribution < 1.29 is 28.3 Å². The number of ketones is 1. The summed E-state index contributed by atoms with van der Waals surface area (Å²) in [5.74, 6) is -3.13. The third kappa shape index (κ3) is 4.11. The summed E-state index contributed by atoms with van der Waals surface area (Å²) in [4.78, 5) is 39.9. The van der Waals surface area contributed by atoms with Crippen molar-refractivity contribution in [2.75, 3.05) is 13.2 Å². The van der Waals surface area contributed by atoms with Gasteiger partial charge < -0.3 is 19.2 Å². The third-order valence-electron chi connectivity index (χ3n) is 6.10. The molecule has 7 nitrogen and oxygen atoms in total. The predicted octanol–water partition coefficient (Wildman–Crippen LogP) is 3.99. The van der Waals surface area contributed by atoms with E-state index < -0.39 is 29.7 Å². The van der Waals surface area contributed by atoms with Gasteiger partial charge in [-0.05, 0) is 44.9 Å². The molecule has 7 heteroatoms. The number of ether oxygens (including phenoxy) is 2. The molecule has 2 aromatic rings. The minimum atomic E-state index is -1.07. The second-order valence-corrected chi connectivity index (χ2v) is 8.04. The molecule has 1 aromatic carbocycles. The minimum absolute atomic E-state index is 0.160. The summed E-state index contributed by atoms with van der Waals surface area (Å²) < 4.78 is 16.2. The van der Waals surface area contributed by atoms with E-state index >= 15 is 0 Å². The first-order valence-corrected chi connectivity index (χ1v) is 11.1. The number of allylic oxidation sites excluding steroid dienone is 3. The standard InChI is InChI=1S/C26H27NO6/c1-4-31-25(29)20-15(3)27-18-14-17(19-12-9-13-33-19)22(26(30)32-5-2)24(28)23(18)21(20)16-10-7-6-8-11-16/h6-13,17,21-22,27H,4-5,14H2,1-3H3/t17-,21+,22-/m1/s1. The van der Waals surface area contributed by atoms with Crippen molar-refractivity contribution in [2.45, 2.75) is 39.0 Å². The van der Waals surface area contributed by atoms with Gasteiger partial charge in [-0.3, -0.25) is 9.59 Å². The van der Waals surface area contributed by atoms with Crippen molar-refractivity contribution >= 4 is 17.7 Å². The van der Waals surface area contributed by atoms with Crippen LogP contribution in [0.2, 0.25) is 0 Å². The van der Waals surface area contributed by atoms with Crippen molar-refractivity contribution in [2.24, 2.45) is 5.92 Å². The van der Waals surface area contributed by atoms with E-state index in [2.05, 4.69) is 5.32 Å². The highest BCUT2D eigenvalue weighted by Gasteiger charge is 2.49. The van der Waals surface area contributed by atoms with Crippen LogP contribution >= 0.6 is 0 Å².